The van der Waals surface area contributed by atoms with E-state index in [1.165, 1.54) is 25.7 Å². The molecule has 0 N–H and O–H groups in total. The van der Waals surface area contributed by atoms with Crippen molar-refractivity contribution < 1.29 is 9.32 Å². The largest absolute Gasteiger partial charge is 0.360 e. The molecule has 3 fully saturated rings. The van der Waals surface area contributed by atoms with Gasteiger partial charge in [-0.25, -0.2) is 0 Å². The Kier molecular flexibility index (Phi) is 2.57. The molecule has 3 saturated carbocycles. The minimum Gasteiger partial charge on any atom is -0.360 e. The first-order valence-electron chi connectivity index (χ1n) is 7.38. The molecule has 3 aliphatic carbocycles. The van der Waals surface area contributed by atoms with Crippen LogP contribution >= 0.6 is 11.6 Å². The van der Waals surface area contributed by atoms with Crippen LogP contribution in [0.4, 0.5) is 0 Å². The second kappa shape index (κ2) is 4.08. The molecule has 0 aromatic carbocycles. The molecule has 0 saturated heterocycles. The summed E-state index contributed by atoms with van der Waals surface area (Å²) in [5.74, 6) is 1.51. The van der Waals surface area contributed by atoms with Gasteiger partial charge in [0, 0.05) is 11.8 Å². The third kappa shape index (κ3) is 2.03. The van der Waals surface area contributed by atoms with E-state index in [0.29, 0.717) is 22.8 Å². The summed E-state index contributed by atoms with van der Waals surface area (Å²) in [6.45, 7) is 0. The maximum absolute atomic E-state index is 11.7. The van der Waals surface area contributed by atoms with Gasteiger partial charge in [-0.1, -0.05) is 5.16 Å². The van der Waals surface area contributed by atoms with Crippen LogP contribution in [0.25, 0.3) is 0 Å². The lowest BCUT2D eigenvalue weighted by atomic mass is 9.77. The second-order valence-corrected chi connectivity index (χ2v) is 6.97. The molecule has 3 aliphatic rings. The van der Waals surface area contributed by atoms with Gasteiger partial charge in [0.25, 0.3) is 5.24 Å². The molecular formula is C15H18ClNO2. The van der Waals surface area contributed by atoms with E-state index in [0.717, 1.165) is 37.1 Å². The molecule has 0 aliphatic heterocycles. The second-order valence-electron chi connectivity index (χ2n) is 6.63. The molecule has 0 atom stereocenters. The summed E-state index contributed by atoms with van der Waals surface area (Å²) in [6.07, 6.45) is 9.81. The van der Waals surface area contributed by atoms with Crippen molar-refractivity contribution in [2.45, 2.75) is 63.2 Å². The van der Waals surface area contributed by atoms with Crippen molar-refractivity contribution in [3.63, 3.8) is 0 Å². The number of rotatable bonds is 3. The van der Waals surface area contributed by atoms with Gasteiger partial charge in [-0.2, -0.15) is 0 Å². The summed E-state index contributed by atoms with van der Waals surface area (Å²) in [5.41, 5.74) is 2.10. The number of carbonyl (C=O) groups is 1. The lowest BCUT2D eigenvalue weighted by molar-refractivity contribution is 0.107. The minimum absolute atomic E-state index is 0.375. The van der Waals surface area contributed by atoms with E-state index in [4.69, 9.17) is 16.1 Å². The number of halogens is 1. The summed E-state index contributed by atoms with van der Waals surface area (Å²) < 4.78 is 5.45. The van der Waals surface area contributed by atoms with Gasteiger partial charge in [0.2, 0.25) is 0 Å². The van der Waals surface area contributed by atoms with Crippen LogP contribution in [-0.4, -0.2) is 10.4 Å². The van der Waals surface area contributed by atoms with Crippen LogP contribution in [0.1, 0.15) is 85.0 Å². The molecule has 4 heteroatoms. The highest BCUT2D eigenvalue weighted by Crippen LogP contribution is 2.59. The predicted octanol–water partition coefficient (Wildman–Crippen LogP) is 4.37. The smallest absolute Gasteiger partial charge is 0.257 e. The Bertz CT molecular complexity index is 518. The molecule has 0 radical (unpaired) electrons. The highest BCUT2D eigenvalue weighted by Gasteiger charge is 2.46. The Balaban J connectivity index is 1.61. The Morgan fingerprint density at radius 2 is 1.79 bits per heavy atom. The van der Waals surface area contributed by atoms with E-state index in [9.17, 15) is 4.79 Å². The van der Waals surface area contributed by atoms with Crippen molar-refractivity contribution in [2.75, 3.05) is 0 Å². The first-order chi connectivity index (χ1) is 9.19. The Morgan fingerprint density at radius 3 is 2.32 bits per heavy atom. The first kappa shape index (κ1) is 12.0. The average Bonchev–Trinajstić information content (AvgIpc) is 3.32. The molecule has 0 bridgehead atoms. The third-order valence-electron chi connectivity index (χ3n) is 5.28. The zero-order valence-electron chi connectivity index (χ0n) is 11.0. The summed E-state index contributed by atoms with van der Waals surface area (Å²) >= 11 is 5.78. The number of hydrogen-bond donors (Lipinski definition) is 0. The highest BCUT2D eigenvalue weighted by atomic mass is 35.5. The van der Waals surface area contributed by atoms with Crippen molar-refractivity contribution in [1.29, 1.82) is 0 Å². The quantitative estimate of drug-likeness (QED) is 0.772. The Hall–Kier alpha value is -0.830. The monoisotopic (exact) mass is 279 g/mol. The number of nitrogens with zero attached hydrogens (tertiary/aromatic N) is 1. The zero-order chi connectivity index (χ0) is 13.0. The van der Waals surface area contributed by atoms with Gasteiger partial charge in [-0.05, 0) is 68.4 Å². The predicted molar refractivity (Wildman–Crippen MR) is 71.5 cm³/mol. The van der Waals surface area contributed by atoms with Crippen LogP contribution in [0.5, 0.6) is 0 Å². The Labute approximate surface area is 117 Å². The number of carbonyl (C=O) groups excluding carboxylic acids is 1. The van der Waals surface area contributed by atoms with Gasteiger partial charge in [-0.3, -0.25) is 4.79 Å². The maximum Gasteiger partial charge on any atom is 0.257 e. The minimum atomic E-state index is -0.384. The molecule has 19 heavy (non-hydrogen) atoms. The number of hydrogen-bond acceptors (Lipinski definition) is 3. The fourth-order valence-electron chi connectivity index (χ4n) is 3.60. The fraction of sp³-hybridized carbons (Fsp3) is 0.733. The molecule has 1 spiro atoms. The van der Waals surface area contributed by atoms with E-state index in [2.05, 4.69) is 5.16 Å². The van der Waals surface area contributed by atoms with Crippen LogP contribution in [0.15, 0.2) is 4.52 Å². The Morgan fingerprint density at radius 1 is 1.11 bits per heavy atom. The van der Waals surface area contributed by atoms with E-state index in [-0.39, 0.29) is 5.24 Å². The van der Waals surface area contributed by atoms with E-state index in [1.807, 2.05) is 0 Å². The molecule has 1 heterocycles. The summed E-state index contributed by atoms with van der Waals surface area (Å²) in [5, 5.41) is 3.83. The average molecular weight is 280 g/mol. The van der Waals surface area contributed by atoms with Gasteiger partial charge < -0.3 is 4.52 Å². The van der Waals surface area contributed by atoms with Gasteiger partial charge in [0.05, 0.1) is 5.69 Å². The van der Waals surface area contributed by atoms with Crippen molar-refractivity contribution in [2.24, 2.45) is 5.41 Å². The standard InChI is InChI=1S/C15H18ClNO2/c16-14(18)11-12(17-19-13(11)10-1-2-10)9-3-5-15(6-4-9)7-8-15/h9-10H,1-8H2. The lowest BCUT2D eigenvalue weighted by Gasteiger charge is -2.27. The van der Waals surface area contributed by atoms with Crippen molar-refractivity contribution in [3.05, 3.63) is 17.0 Å². The highest BCUT2D eigenvalue weighted by molar-refractivity contribution is 6.68. The van der Waals surface area contributed by atoms with E-state index in [1.54, 1.807) is 0 Å². The van der Waals surface area contributed by atoms with Crippen molar-refractivity contribution >= 4 is 16.8 Å². The van der Waals surface area contributed by atoms with Gasteiger partial charge in [0.1, 0.15) is 5.56 Å². The van der Waals surface area contributed by atoms with Crippen LogP contribution in [0.3, 0.4) is 0 Å². The van der Waals surface area contributed by atoms with E-state index >= 15 is 0 Å². The summed E-state index contributed by atoms with van der Waals surface area (Å²) in [6, 6.07) is 0. The summed E-state index contributed by atoms with van der Waals surface area (Å²) in [7, 11) is 0. The molecular weight excluding hydrogens is 262 g/mol. The van der Waals surface area contributed by atoms with Gasteiger partial charge in [0.15, 0.2) is 5.76 Å². The maximum atomic E-state index is 11.7. The fourth-order valence-corrected chi connectivity index (χ4v) is 3.79. The van der Waals surface area contributed by atoms with Gasteiger partial charge >= 0.3 is 0 Å². The topological polar surface area (TPSA) is 43.1 Å². The summed E-state index contributed by atoms with van der Waals surface area (Å²) in [4.78, 5) is 11.7. The van der Waals surface area contributed by atoms with Crippen molar-refractivity contribution in [1.82, 2.24) is 5.16 Å². The van der Waals surface area contributed by atoms with Crippen LogP contribution in [-0.2, 0) is 0 Å². The van der Waals surface area contributed by atoms with Crippen LogP contribution < -0.4 is 0 Å². The molecule has 4 rings (SSSR count). The lowest BCUT2D eigenvalue weighted by Crippen LogP contribution is -2.15. The number of aromatic nitrogens is 1. The molecule has 0 amide bonds. The van der Waals surface area contributed by atoms with Crippen LogP contribution in [0.2, 0.25) is 0 Å². The SMILES string of the molecule is O=C(Cl)c1c(C2CCC3(CC2)CC3)noc1C1CC1. The first-order valence-corrected chi connectivity index (χ1v) is 7.76. The molecule has 1 aromatic heterocycles. The zero-order valence-corrected chi connectivity index (χ0v) is 11.7. The molecule has 0 unspecified atom stereocenters. The third-order valence-corrected chi connectivity index (χ3v) is 5.47. The van der Waals surface area contributed by atoms with Crippen LogP contribution in [0, 0.1) is 5.41 Å². The molecule has 1 aromatic rings. The molecule has 3 nitrogen and oxygen atoms in total. The van der Waals surface area contributed by atoms with Gasteiger partial charge in [-0.15, -0.1) is 0 Å². The van der Waals surface area contributed by atoms with Crippen molar-refractivity contribution in [3.8, 4) is 0 Å². The van der Waals surface area contributed by atoms with E-state index < -0.39 is 0 Å². The normalized spacial score (nSPS) is 25.7. The molecule has 102 valence electrons.